The Hall–Kier alpha value is -2.12. The third kappa shape index (κ3) is 2.01. The van der Waals surface area contributed by atoms with E-state index in [1.54, 1.807) is 0 Å². The summed E-state index contributed by atoms with van der Waals surface area (Å²) in [5.74, 6) is -10.4. The van der Waals surface area contributed by atoms with Crippen LogP contribution in [0, 0.1) is 23.7 Å². The number of carbonyl (C=O) groups excluding carboxylic acids is 2. The second-order valence-electron chi connectivity index (χ2n) is 3.83. The summed E-state index contributed by atoms with van der Waals surface area (Å²) in [6, 6.07) is 0. The Morgan fingerprint density at radius 2 is 1.00 bits per heavy atom. The molecule has 2 N–H and O–H groups in total. The van der Waals surface area contributed by atoms with E-state index in [-0.39, 0.29) is 0 Å². The molecule has 18 heavy (non-hydrogen) atoms. The molecule has 1 fully saturated rings. The van der Waals surface area contributed by atoms with Crippen molar-refractivity contribution in [1.82, 2.24) is 0 Å². The fraction of sp³-hybridized carbons (Fsp3) is 0.600. The van der Waals surface area contributed by atoms with Crippen LogP contribution in [0.5, 0.6) is 0 Å². The van der Waals surface area contributed by atoms with Crippen LogP contribution in [0.15, 0.2) is 0 Å². The molecule has 1 saturated carbocycles. The van der Waals surface area contributed by atoms with Crippen LogP contribution in [0.3, 0.4) is 0 Å². The number of carboxylic acid groups (broad SMARTS) is 2. The van der Waals surface area contributed by atoms with E-state index in [9.17, 15) is 19.2 Å². The van der Waals surface area contributed by atoms with Crippen molar-refractivity contribution < 1.29 is 38.9 Å². The maximum Gasteiger partial charge on any atom is 0.310 e. The Balaban J connectivity index is 3.10. The van der Waals surface area contributed by atoms with Crippen molar-refractivity contribution >= 4 is 23.9 Å². The Labute approximate surface area is 101 Å². The normalized spacial score (nSPS) is 29.9. The molecule has 100 valence electrons. The number of carbonyl (C=O) groups is 4. The van der Waals surface area contributed by atoms with Crippen molar-refractivity contribution in [2.75, 3.05) is 14.2 Å². The highest BCUT2D eigenvalue weighted by Gasteiger charge is 2.64. The SMILES string of the molecule is COC(=O)C1C(C(=O)O)C(C(=O)OC)C1C(=O)O. The standard InChI is InChI=1S/C10H12O8/c1-17-9(15)5-3(7(11)12)6(10(16)18-2)4(5)8(13)14/h3-6H,1-2H3,(H,11,12)(H,13,14). The smallest absolute Gasteiger partial charge is 0.310 e. The summed E-state index contributed by atoms with van der Waals surface area (Å²) in [5.41, 5.74) is 0. The zero-order chi connectivity index (χ0) is 14.0. The predicted molar refractivity (Wildman–Crippen MR) is 53.3 cm³/mol. The van der Waals surface area contributed by atoms with Gasteiger partial charge in [0.15, 0.2) is 0 Å². The van der Waals surface area contributed by atoms with Gasteiger partial charge in [-0.25, -0.2) is 0 Å². The molecular weight excluding hydrogens is 248 g/mol. The number of hydrogen-bond donors (Lipinski definition) is 2. The van der Waals surface area contributed by atoms with Gasteiger partial charge in [-0.15, -0.1) is 0 Å². The highest BCUT2D eigenvalue weighted by Crippen LogP contribution is 2.47. The second-order valence-corrected chi connectivity index (χ2v) is 3.83. The van der Waals surface area contributed by atoms with Crippen molar-refractivity contribution in [2.24, 2.45) is 23.7 Å². The molecule has 0 aromatic heterocycles. The van der Waals surface area contributed by atoms with Crippen LogP contribution in [-0.2, 0) is 28.7 Å². The summed E-state index contributed by atoms with van der Waals surface area (Å²) in [5, 5.41) is 17.9. The van der Waals surface area contributed by atoms with E-state index in [1.165, 1.54) is 0 Å². The van der Waals surface area contributed by atoms with E-state index in [0.29, 0.717) is 0 Å². The molecule has 0 bridgehead atoms. The van der Waals surface area contributed by atoms with Crippen molar-refractivity contribution in [1.29, 1.82) is 0 Å². The molecule has 8 nitrogen and oxygen atoms in total. The molecule has 0 aromatic carbocycles. The van der Waals surface area contributed by atoms with Gasteiger partial charge in [0.25, 0.3) is 0 Å². The van der Waals surface area contributed by atoms with Gasteiger partial charge in [-0.3, -0.25) is 19.2 Å². The average Bonchev–Trinajstić information content (AvgIpc) is 2.25. The lowest BCUT2D eigenvalue weighted by Crippen LogP contribution is -2.60. The van der Waals surface area contributed by atoms with E-state index >= 15 is 0 Å². The first kappa shape index (κ1) is 13.9. The minimum Gasteiger partial charge on any atom is -0.481 e. The molecule has 0 radical (unpaired) electrons. The topological polar surface area (TPSA) is 127 Å². The molecule has 8 heteroatoms. The highest BCUT2D eigenvalue weighted by molar-refractivity contribution is 5.96. The molecule has 0 unspecified atom stereocenters. The van der Waals surface area contributed by atoms with E-state index in [0.717, 1.165) is 14.2 Å². The lowest BCUT2D eigenvalue weighted by molar-refractivity contribution is -0.194. The Morgan fingerprint density at radius 1 is 0.722 bits per heavy atom. The first-order valence-electron chi connectivity index (χ1n) is 4.98. The monoisotopic (exact) mass is 260 g/mol. The third-order valence-electron chi connectivity index (χ3n) is 3.06. The van der Waals surface area contributed by atoms with Crippen LogP contribution >= 0.6 is 0 Å². The molecule has 1 aliphatic rings. The van der Waals surface area contributed by atoms with Gasteiger partial charge in [0.05, 0.1) is 37.9 Å². The lowest BCUT2D eigenvalue weighted by atomic mass is 9.56. The summed E-state index contributed by atoms with van der Waals surface area (Å²) in [6.07, 6.45) is 0. The molecule has 0 spiro atoms. The molecule has 0 aliphatic heterocycles. The summed E-state index contributed by atoms with van der Waals surface area (Å²) in [4.78, 5) is 44.8. The number of methoxy groups -OCH3 is 2. The number of aliphatic carboxylic acids is 2. The number of ether oxygens (including phenoxy) is 2. The lowest BCUT2D eigenvalue weighted by Gasteiger charge is -2.43. The maximum atomic E-state index is 11.4. The minimum absolute atomic E-state index is 0.963. The largest absolute Gasteiger partial charge is 0.481 e. The quantitative estimate of drug-likeness (QED) is 0.615. The molecule has 0 saturated heterocycles. The summed E-state index contributed by atoms with van der Waals surface area (Å²) in [6.45, 7) is 0. The van der Waals surface area contributed by atoms with Crippen LogP contribution in [-0.4, -0.2) is 48.3 Å². The molecule has 0 heterocycles. The zero-order valence-electron chi connectivity index (χ0n) is 9.65. The number of carboxylic acids is 2. The van der Waals surface area contributed by atoms with Gasteiger partial charge in [0.2, 0.25) is 0 Å². The van der Waals surface area contributed by atoms with Crippen molar-refractivity contribution in [2.45, 2.75) is 0 Å². The van der Waals surface area contributed by atoms with Gasteiger partial charge >= 0.3 is 23.9 Å². The summed E-state index contributed by atoms with van der Waals surface area (Å²) < 4.78 is 8.72. The van der Waals surface area contributed by atoms with Crippen molar-refractivity contribution in [3.63, 3.8) is 0 Å². The fourth-order valence-electron chi connectivity index (χ4n) is 2.22. The fourth-order valence-corrected chi connectivity index (χ4v) is 2.22. The number of esters is 2. The molecule has 1 rings (SSSR count). The summed E-state index contributed by atoms with van der Waals surface area (Å²) >= 11 is 0. The maximum absolute atomic E-state index is 11.4. The first-order valence-corrected chi connectivity index (χ1v) is 4.98. The van der Waals surface area contributed by atoms with Gasteiger partial charge < -0.3 is 19.7 Å². The Kier molecular flexibility index (Phi) is 3.89. The Bertz CT molecular complexity index is 355. The van der Waals surface area contributed by atoms with Crippen LogP contribution in [0.25, 0.3) is 0 Å². The average molecular weight is 260 g/mol. The van der Waals surface area contributed by atoms with E-state index in [1.807, 2.05) is 0 Å². The molecule has 0 aromatic rings. The van der Waals surface area contributed by atoms with Crippen LogP contribution in [0.4, 0.5) is 0 Å². The second kappa shape index (κ2) is 5.03. The first-order chi connectivity index (χ1) is 8.36. The van der Waals surface area contributed by atoms with Gasteiger partial charge in [-0.1, -0.05) is 0 Å². The number of rotatable bonds is 4. The van der Waals surface area contributed by atoms with E-state index in [4.69, 9.17) is 10.2 Å². The van der Waals surface area contributed by atoms with Crippen molar-refractivity contribution in [3.05, 3.63) is 0 Å². The minimum atomic E-state index is -1.44. The van der Waals surface area contributed by atoms with E-state index in [2.05, 4.69) is 9.47 Å². The molecular formula is C10H12O8. The molecule has 1 aliphatic carbocycles. The third-order valence-corrected chi connectivity index (χ3v) is 3.06. The predicted octanol–water partition coefficient (Wildman–Crippen LogP) is -1.02. The molecule has 0 amide bonds. The van der Waals surface area contributed by atoms with Crippen LogP contribution in [0.2, 0.25) is 0 Å². The Morgan fingerprint density at radius 3 is 1.17 bits per heavy atom. The van der Waals surface area contributed by atoms with Crippen LogP contribution in [0.1, 0.15) is 0 Å². The number of hydrogen-bond acceptors (Lipinski definition) is 6. The summed E-state index contributed by atoms with van der Waals surface area (Å²) in [7, 11) is 2.04. The van der Waals surface area contributed by atoms with Crippen LogP contribution < -0.4 is 0 Å². The molecule has 0 atom stereocenters. The van der Waals surface area contributed by atoms with Crippen molar-refractivity contribution in [3.8, 4) is 0 Å². The highest BCUT2D eigenvalue weighted by atomic mass is 16.5. The van der Waals surface area contributed by atoms with E-state index < -0.39 is 47.5 Å². The zero-order valence-corrected chi connectivity index (χ0v) is 9.65. The van der Waals surface area contributed by atoms with Gasteiger partial charge in [0.1, 0.15) is 0 Å². The van der Waals surface area contributed by atoms with Gasteiger partial charge in [0, 0.05) is 0 Å². The van der Waals surface area contributed by atoms with Gasteiger partial charge in [-0.05, 0) is 0 Å². The van der Waals surface area contributed by atoms with Gasteiger partial charge in [-0.2, -0.15) is 0 Å².